The first-order valence-electron chi connectivity index (χ1n) is 7.12. The molecule has 118 valence electrons. The highest BCUT2D eigenvalue weighted by Gasteiger charge is 2.22. The predicted molar refractivity (Wildman–Crippen MR) is 80.6 cm³/mol. The average molecular weight is 315 g/mol. The highest BCUT2D eigenvalue weighted by atomic mass is 32.2. The standard InChI is InChI=1S/C12H21N5O3S/c1-3-13-10-14-11(16-12(15-10)20-4-2)17-6-5-8-21(18,19)9-7-17/h3-9H2,1-2H3,(H,13,14,15,16). The summed E-state index contributed by atoms with van der Waals surface area (Å²) in [6, 6.07) is 0.255. The largest absolute Gasteiger partial charge is 0.464 e. The van der Waals surface area contributed by atoms with E-state index >= 15 is 0 Å². The minimum atomic E-state index is -2.96. The summed E-state index contributed by atoms with van der Waals surface area (Å²) in [4.78, 5) is 14.6. The van der Waals surface area contributed by atoms with Crippen LogP contribution < -0.4 is 15.0 Å². The van der Waals surface area contributed by atoms with E-state index in [0.29, 0.717) is 44.6 Å². The molecule has 0 aromatic carbocycles. The van der Waals surface area contributed by atoms with E-state index in [9.17, 15) is 8.42 Å². The monoisotopic (exact) mass is 315 g/mol. The zero-order valence-electron chi connectivity index (χ0n) is 12.4. The summed E-state index contributed by atoms with van der Waals surface area (Å²) in [5.74, 6) is 1.24. The third kappa shape index (κ3) is 4.42. The third-order valence-electron chi connectivity index (χ3n) is 3.05. The van der Waals surface area contributed by atoms with Gasteiger partial charge in [0, 0.05) is 19.6 Å². The van der Waals surface area contributed by atoms with Gasteiger partial charge in [-0.3, -0.25) is 0 Å². The number of hydrogen-bond acceptors (Lipinski definition) is 8. The Morgan fingerprint density at radius 3 is 2.71 bits per heavy atom. The quantitative estimate of drug-likeness (QED) is 0.830. The van der Waals surface area contributed by atoms with Crippen molar-refractivity contribution in [3.05, 3.63) is 0 Å². The zero-order valence-corrected chi connectivity index (χ0v) is 13.2. The maximum Gasteiger partial charge on any atom is 0.323 e. The maximum atomic E-state index is 11.7. The van der Waals surface area contributed by atoms with Gasteiger partial charge in [0.2, 0.25) is 11.9 Å². The van der Waals surface area contributed by atoms with Gasteiger partial charge in [-0.2, -0.15) is 15.0 Å². The molecule has 8 nitrogen and oxygen atoms in total. The lowest BCUT2D eigenvalue weighted by Gasteiger charge is -2.20. The summed E-state index contributed by atoms with van der Waals surface area (Å²) < 4.78 is 28.7. The Morgan fingerprint density at radius 2 is 2.00 bits per heavy atom. The first kappa shape index (κ1) is 15.7. The predicted octanol–water partition coefficient (Wildman–Crippen LogP) is 0.327. The SMILES string of the molecule is CCNc1nc(OCC)nc(N2CCCS(=O)(=O)CC2)n1. The van der Waals surface area contributed by atoms with Crippen molar-refractivity contribution in [2.45, 2.75) is 20.3 Å². The molecule has 1 aromatic heterocycles. The molecule has 1 aliphatic heterocycles. The molecular weight excluding hydrogens is 294 g/mol. The molecular formula is C12H21N5O3S. The molecule has 0 atom stereocenters. The summed E-state index contributed by atoms with van der Waals surface area (Å²) in [6.07, 6.45) is 0.578. The van der Waals surface area contributed by atoms with Crippen molar-refractivity contribution in [2.24, 2.45) is 0 Å². The van der Waals surface area contributed by atoms with Crippen LogP contribution in [0.3, 0.4) is 0 Å². The Kier molecular flexibility index (Phi) is 5.16. The second-order valence-electron chi connectivity index (χ2n) is 4.70. The number of anilines is 2. The summed E-state index contributed by atoms with van der Waals surface area (Å²) in [5, 5.41) is 3.03. The normalized spacial score (nSPS) is 18.1. The summed E-state index contributed by atoms with van der Waals surface area (Å²) in [6.45, 7) is 5.95. The van der Waals surface area contributed by atoms with E-state index in [1.807, 2.05) is 18.7 Å². The molecule has 2 heterocycles. The molecule has 1 fully saturated rings. The molecule has 0 aliphatic carbocycles. The smallest absolute Gasteiger partial charge is 0.323 e. The summed E-state index contributed by atoms with van der Waals surface area (Å²) in [5.41, 5.74) is 0. The van der Waals surface area contributed by atoms with Gasteiger partial charge in [-0.1, -0.05) is 0 Å². The number of sulfone groups is 1. The van der Waals surface area contributed by atoms with E-state index in [-0.39, 0.29) is 17.5 Å². The number of nitrogens with zero attached hydrogens (tertiary/aromatic N) is 4. The molecule has 0 spiro atoms. The van der Waals surface area contributed by atoms with Crippen molar-refractivity contribution >= 4 is 21.7 Å². The molecule has 0 amide bonds. The van der Waals surface area contributed by atoms with Crippen LogP contribution in [-0.2, 0) is 9.84 Å². The number of aromatic nitrogens is 3. The highest BCUT2D eigenvalue weighted by Crippen LogP contribution is 2.17. The molecule has 2 rings (SSSR count). The number of nitrogens with one attached hydrogen (secondary N) is 1. The zero-order chi connectivity index (χ0) is 15.3. The van der Waals surface area contributed by atoms with E-state index < -0.39 is 9.84 Å². The fourth-order valence-corrected chi connectivity index (χ4v) is 3.33. The molecule has 1 N–H and O–H groups in total. The van der Waals surface area contributed by atoms with Crippen molar-refractivity contribution in [1.82, 2.24) is 15.0 Å². The fourth-order valence-electron chi connectivity index (χ4n) is 2.06. The average Bonchev–Trinajstić information content (AvgIpc) is 2.60. The lowest BCUT2D eigenvalue weighted by molar-refractivity contribution is 0.312. The van der Waals surface area contributed by atoms with E-state index in [1.54, 1.807) is 0 Å². The Morgan fingerprint density at radius 1 is 1.19 bits per heavy atom. The van der Waals surface area contributed by atoms with Crippen molar-refractivity contribution < 1.29 is 13.2 Å². The van der Waals surface area contributed by atoms with Gasteiger partial charge in [-0.15, -0.1) is 0 Å². The topological polar surface area (TPSA) is 97.3 Å². The number of ether oxygens (including phenoxy) is 1. The minimum absolute atomic E-state index is 0.124. The Bertz CT molecular complexity index is 554. The molecule has 21 heavy (non-hydrogen) atoms. The van der Waals surface area contributed by atoms with Crippen LogP contribution in [0.2, 0.25) is 0 Å². The van der Waals surface area contributed by atoms with E-state index in [0.717, 1.165) is 0 Å². The summed E-state index contributed by atoms with van der Waals surface area (Å²) in [7, 11) is -2.96. The third-order valence-corrected chi connectivity index (χ3v) is 4.77. The Balaban J connectivity index is 2.24. The maximum absolute atomic E-state index is 11.7. The fraction of sp³-hybridized carbons (Fsp3) is 0.750. The minimum Gasteiger partial charge on any atom is -0.464 e. The van der Waals surface area contributed by atoms with Gasteiger partial charge < -0.3 is 15.0 Å². The highest BCUT2D eigenvalue weighted by molar-refractivity contribution is 7.91. The molecule has 1 saturated heterocycles. The lowest BCUT2D eigenvalue weighted by atomic mass is 10.4. The van der Waals surface area contributed by atoms with Crippen LogP contribution in [0.5, 0.6) is 6.01 Å². The Labute approximate surface area is 124 Å². The van der Waals surface area contributed by atoms with Gasteiger partial charge in [-0.25, -0.2) is 8.42 Å². The summed E-state index contributed by atoms with van der Waals surface area (Å²) >= 11 is 0. The molecule has 0 unspecified atom stereocenters. The second kappa shape index (κ2) is 6.88. The van der Waals surface area contributed by atoms with Crippen LogP contribution in [0.4, 0.5) is 11.9 Å². The van der Waals surface area contributed by atoms with Crippen LogP contribution in [0, 0.1) is 0 Å². The first-order chi connectivity index (χ1) is 10.0. The van der Waals surface area contributed by atoms with E-state index in [4.69, 9.17) is 4.74 Å². The second-order valence-corrected chi connectivity index (χ2v) is 7.00. The van der Waals surface area contributed by atoms with Gasteiger partial charge in [0.25, 0.3) is 0 Å². The van der Waals surface area contributed by atoms with Crippen molar-refractivity contribution in [2.75, 3.05) is 48.0 Å². The first-order valence-corrected chi connectivity index (χ1v) is 8.94. The number of rotatable bonds is 5. The van der Waals surface area contributed by atoms with Crippen LogP contribution in [0.15, 0.2) is 0 Å². The molecule has 1 aliphatic rings. The van der Waals surface area contributed by atoms with Gasteiger partial charge in [0.1, 0.15) is 0 Å². The lowest BCUT2D eigenvalue weighted by Crippen LogP contribution is -2.29. The van der Waals surface area contributed by atoms with E-state index in [2.05, 4.69) is 20.3 Å². The van der Waals surface area contributed by atoms with Crippen LogP contribution >= 0.6 is 0 Å². The number of hydrogen-bond donors (Lipinski definition) is 1. The van der Waals surface area contributed by atoms with Crippen molar-refractivity contribution in [1.29, 1.82) is 0 Å². The van der Waals surface area contributed by atoms with Gasteiger partial charge in [-0.05, 0) is 20.3 Å². The van der Waals surface area contributed by atoms with Gasteiger partial charge >= 0.3 is 6.01 Å². The van der Waals surface area contributed by atoms with Crippen molar-refractivity contribution in [3.63, 3.8) is 0 Å². The van der Waals surface area contributed by atoms with E-state index in [1.165, 1.54) is 0 Å². The van der Waals surface area contributed by atoms with Crippen LogP contribution in [0.25, 0.3) is 0 Å². The molecule has 0 saturated carbocycles. The molecule has 0 bridgehead atoms. The van der Waals surface area contributed by atoms with Gasteiger partial charge in [0.05, 0.1) is 18.1 Å². The molecule has 0 radical (unpaired) electrons. The van der Waals surface area contributed by atoms with Crippen LogP contribution in [-0.4, -0.2) is 61.1 Å². The Hall–Kier alpha value is -1.64. The van der Waals surface area contributed by atoms with Crippen molar-refractivity contribution in [3.8, 4) is 6.01 Å². The van der Waals surface area contributed by atoms with Crippen LogP contribution in [0.1, 0.15) is 20.3 Å². The molecule has 1 aromatic rings. The van der Waals surface area contributed by atoms with Gasteiger partial charge in [0.15, 0.2) is 9.84 Å². The molecule has 9 heteroatoms.